The molecule has 1 amide bonds. The van der Waals surface area contributed by atoms with Crippen LogP contribution in [0.4, 0.5) is 0 Å². The summed E-state index contributed by atoms with van der Waals surface area (Å²) >= 11 is 0. The van der Waals surface area contributed by atoms with Gasteiger partial charge >= 0.3 is 0 Å². The number of aryl methyl sites for hydroxylation is 1. The monoisotopic (exact) mass is 274 g/mol. The fourth-order valence-corrected chi connectivity index (χ4v) is 3.15. The molecule has 1 aliphatic rings. The fourth-order valence-electron chi connectivity index (χ4n) is 3.15. The van der Waals surface area contributed by atoms with E-state index in [1.165, 1.54) is 5.56 Å². The molecule has 0 aliphatic carbocycles. The van der Waals surface area contributed by atoms with Gasteiger partial charge in [0.1, 0.15) is 0 Å². The van der Waals surface area contributed by atoms with Crippen LogP contribution in [0.1, 0.15) is 38.3 Å². The summed E-state index contributed by atoms with van der Waals surface area (Å²) in [6.07, 6.45) is 0.999. The number of hydrogen-bond donors (Lipinski definition) is 1. The molecule has 0 bridgehead atoms. The van der Waals surface area contributed by atoms with Gasteiger partial charge in [0.2, 0.25) is 5.91 Å². The highest BCUT2D eigenvalue weighted by atomic mass is 16.2. The zero-order valence-corrected chi connectivity index (χ0v) is 13.1. The molecule has 1 aliphatic heterocycles. The average Bonchev–Trinajstić information content (AvgIpc) is 2.81. The molecule has 0 saturated carbocycles. The maximum absolute atomic E-state index is 12.9. The molecule has 1 heterocycles. The Balaban J connectivity index is 2.23. The standard InChI is InChI=1S/C17H26N2O/c1-13-7-5-6-8-14(13)16(2,3)15(20)19-10-9-17(4,11-18)12-19/h5-8H,9-12,18H2,1-4H3. The Morgan fingerprint density at radius 2 is 2.05 bits per heavy atom. The van der Waals surface area contributed by atoms with Crippen LogP contribution in [0, 0.1) is 12.3 Å². The number of likely N-dealkylation sites (tertiary alicyclic amines) is 1. The number of nitrogens with zero attached hydrogens (tertiary/aromatic N) is 1. The Hall–Kier alpha value is -1.35. The van der Waals surface area contributed by atoms with E-state index in [1.54, 1.807) is 0 Å². The van der Waals surface area contributed by atoms with Gasteiger partial charge in [-0.25, -0.2) is 0 Å². The van der Waals surface area contributed by atoms with Gasteiger partial charge in [-0.05, 0) is 50.3 Å². The van der Waals surface area contributed by atoms with Crippen molar-refractivity contribution in [3.63, 3.8) is 0 Å². The first-order valence-corrected chi connectivity index (χ1v) is 7.36. The molecule has 2 rings (SSSR count). The van der Waals surface area contributed by atoms with Crippen LogP contribution >= 0.6 is 0 Å². The molecule has 1 fully saturated rings. The molecule has 0 aromatic heterocycles. The molecule has 3 heteroatoms. The Labute approximate surface area is 122 Å². The molecule has 1 unspecified atom stereocenters. The van der Waals surface area contributed by atoms with Gasteiger partial charge in [-0.15, -0.1) is 0 Å². The number of rotatable bonds is 3. The molecule has 0 radical (unpaired) electrons. The van der Waals surface area contributed by atoms with Gasteiger partial charge in [0.15, 0.2) is 0 Å². The van der Waals surface area contributed by atoms with E-state index in [0.717, 1.165) is 25.1 Å². The van der Waals surface area contributed by atoms with Crippen LogP contribution in [0.3, 0.4) is 0 Å². The van der Waals surface area contributed by atoms with Crippen LogP contribution in [0.2, 0.25) is 0 Å². The van der Waals surface area contributed by atoms with Crippen molar-refractivity contribution in [1.82, 2.24) is 4.90 Å². The van der Waals surface area contributed by atoms with E-state index in [9.17, 15) is 4.79 Å². The van der Waals surface area contributed by atoms with E-state index in [0.29, 0.717) is 6.54 Å². The first-order valence-electron chi connectivity index (χ1n) is 7.36. The van der Waals surface area contributed by atoms with E-state index in [4.69, 9.17) is 5.73 Å². The molecule has 20 heavy (non-hydrogen) atoms. The summed E-state index contributed by atoms with van der Waals surface area (Å²) < 4.78 is 0. The van der Waals surface area contributed by atoms with Crippen molar-refractivity contribution < 1.29 is 4.79 Å². The van der Waals surface area contributed by atoms with Crippen molar-refractivity contribution in [2.75, 3.05) is 19.6 Å². The van der Waals surface area contributed by atoms with Crippen molar-refractivity contribution in [1.29, 1.82) is 0 Å². The maximum atomic E-state index is 12.9. The maximum Gasteiger partial charge on any atom is 0.232 e. The minimum Gasteiger partial charge on any atom is -0.341 e. The third kappa shape index (κ3) is 2.59. The summed E-state index contributed by atoms with van der Waals surface area (Å²) in [5.41, 5.74) is 7.73. The van der Waals surface area contributed by atoms with Crippen LogP contribution in [-0.4, -0.2) is 30.4 Å². The normalized spacial score (nSPS) is 23.1. The highest BCUT2D eigenvalue weighted by Crippen LogP contribution is 2.34. The summed E-state index contributed by atoms with van der Waals surface area (Å²) in [5, 5.41) is 0. The second-order valence-electron chi connectivity index (χ2n) is 6.93. The van der Waals surface area contributed by atoms with Crippen molar-refractivity contribution in [2.45, 2.75) is 39.5 Å². The molecular weight excluding hydrogens is 248 g/mol. The van der Waals surface area contributed by atoms with E-state index in [1.807, 2.05) is 30.9 Å². The molecule has 2 N–H and O–H groups in total. The molecule has 110 valence electrons. The number of carbonyl (C=O) groups is 1. The lowest BCUT2D eigenvalue weighted by Gasteiger charge is -2.32. The molecule has 1 aromatic rings. The summed E-state index contributed by atoms with van der Waals surface area (Å²) in [6.45, 7) is 10.5. The Kier molecular flexibility index (Phi) is 3.92. The van der Waals surface area contributed by atoms with Crippen molar-refractivity contribution in [2.24, 2.45) is 11.1 Å². The Morgan fingerprint density at radius 1 is 1.40 bits per heavy atom. The van der Waals surface area contributed by atoms with Crippen LogP contribution in [0.5, 0.6) is 0 Å². The van der Waals surface area contributed by atoms with Gasteiger partial charge in [0.05, 0.1) is 5.41 Å². The predicted octanol–water partition coefficient (Wildman–Crippen LogP) is 2.47. The molecular formula is C17H26N2O. The zero-order valence-electron chi connectivity index (χ0n) is 13.1. The fraction of sp³-hybridized carbons (Fsp3) is 0.588. The summed E-state index contributed by atoms with van der Waals surface area (Å²) in [7, 11) is 0. The van der Waals surface area contributed by atoms with Gasteiger partial charge in [-0.2, -0.15) is 0 Å². The van der Waals surface area contributed by atoms with Crippen LogP contribution in [-0.2, 0) is 10.2 Å². The highest BCUT2D eigenvalue weighted by molar-refractivity contribution is 5.88. The van der Waals surface area contributed by atoms with E-state index >= 15 is 0 Å². The molecule has 1 aromatic carbocycles. The average molecular weight is 274 g/mol. The van der Waals surface area contributed by atoms with Gasteiger partial charge < -0.3 is 10.6 Å². The second-order valence-corrected chi connectivity index (χ2v) is 6.93. The SMILES string of the molecule is Cc1ccccc1C(C)(C)C(=O)N1CCC(C)(CN)C1. The smallest absolute Gasteiger partial charge is 0.232 e. The van der Waals surface area contributed by atoms with Crippen LogP contribution in [0.25, 0.3) is 0 Å². The lowest BCUT2D eigenvalue weighted by Crippen LogP contribution is -2.44. The summed E-state index contributed by atoms with van der Waals surface area (Å²) in [4.78, 5) is 14.9. The van der Waals surface area contributed by atoms with Gasteiger partial charge in [-0.1, -0.05) is 31.2 Å². The lowest BCUT2D eigenvalue weighted by molar-refractivity contribution is -0.135. The molecule has 1 atom stereocenters. The van der Waals surface area contributed by atoms with Crippen molar-refractivity contribution >= 4 is 5.91 Å². The second kappa shape index (κ2) is 5.21. The predicted molar refractivity (Wildman–Crippen MR) is 82.6 cm³/mol. The third-order valence-electron chi connectivity index (χ3n) is 4.69. The molecule has 3 nitrogen and oxygen atoms in total. The first kappa shape index (κ1) is 15.0. The number of carbonyl (C=O) groups excluding carboxylic acids is 1. The number of benzene rings is 1. The van der Waals surface area contributed by atoms with Crippen molar-refractivity contribution in [3.8, 4) is 0 Å². The zero-order chi connectivity index (χ0) is 15.0. The van der Waals surface area contributed by atoms with E-state index < -0.39 is 5.41 Å². The minimum atomic E-state index is -0.481. The van der Waals surface area contributed by atoms with Crippen LogP contribution in [0.15, 0.2) is 24.3 Å². The number of hydrogen-bond acceptors (Lipinski definition) is 2. The quantitative estimate of drug-likeness (QED) is 0.920. The van der Waals surface area contributed by atoms with Crippen molar-refractivity contribution in [3.05, 3.63) is 35.4 Å². The Morgan fingerprint density at radius 3 is 2.60 bits per heavy atom. The van der Waals surface area contributed by atoms with Gasteiger partial charge in [0, 0.05) is 13.1 Å². The van der Waals surface area contributed by atoms with Gasteiger partial charge in [0.25, 0.3) is 0 Å². The summed E-state index contributed by atoms with van der Waals surface area (Å²) in [5.74, 6) is 0.212. The lowest BCUT2D eigenvalue weighted by atomic mass is 9.80. The van der Waals surface area contributed by atoms with Crippen LogP contribution < -0.4 is 5.73 Å². The number of amides is 1. The largest absolute Gasteiger partial charge is 0.341 e. The first-order chi connectivity index (χ1) is 9.30. The minimum absolute atomic E-state index is 0.0808. The van der Waals surface area contributed by atoms with E-state index in [2.05, 4.69) is 26.0 Å². The van der Waals surface area contributed by atoms with E-state index in [-0.39, 0.29) is 11.3 Å². The molecule has 1 saturated heterocycles. The highest BCUT2D eigenvalue weighted by Gasteiger charge is 2.41. The summed E-state index contributed by atoms with van der Waals surface area (Å²) in [6, 6.07) is 8.15. The van der Waals surface area contributed by atoms with Gasteiger partial charge in [-0.3, -0.25) is 4.79 Å². The number of nitrogens with two attached hydrogens (primary N) is 1. The topological polar surface area (TPSA) is 46.3 Å². The Bertz CT molecular complexity index is 509. The molecule has 0 spiro atoms. The third-order valence-corrected chi connectivity index (χ3v) is 4.69.